The zero-order valence-electron chi connectivity index (χ0n) is 13.3. The Bertz CT molecular complexity index is 219. The normalized spacial score (nSPS) is 21.2. The number of rotatable bonds is 8. The second-order valence-corrected chi connectivity index (χ2v) is 6.60. The minimum absolute atomic E-state index is 0.301. The molecular formula is C16H34N2. The predicted molar refractivity (Wildman–Crippen MR) is 81.0 cm³/mol. The van der Waals surface area contributed by atoms with Gasteiger partial charge in [-0.25, -0.2) is 0 Å². The second kappa shape index (κ2) is 7.49. The average molecular weight is 254 g/mol. The van der Waals surface area contributed by atoms with Crippen molar-refractivity contribution in [3.05, 3.63) is 0 Å². The third kappa shape index (κ3) is 4.24. The summed E-state index contributed by atoms with van der Waals surface area (Å²) in [6.45, 7) is 15.6. The van der Waals surface area contributed by atoms with Crippen LogP contribution in [0.25, 0.3) is 0 Å². The van der Waals surface area contributed by atoms with E-state index in [0.29, 0.717) is 11.6 Å². The fourth-order valence-electron chi connectivity index (χ4n) is 3.02. The van der Waals surface area contributed by atoms with Crippen LogP contribution in [-0.2, 0) is 0 Å². The number of likely N-dealkylation sites (tertiary alicyclic amines) is 1. The molecule has 1 aliphatic heterocycles. The van der Waals surface area contributed by atoms with Crippen molar-refractivity contribution in [2.75, 3.05) is 19.6 Å². The van der Waals surface area contributed by atoms with Gasteiger partial charge in [-0.15, -0.1) is 0 Å². The van der Waals surface area contributed by atoms with Crippen molar-refractivity contribution < 1.29 is 0 Å². The Morgan fingerprint density at radius 2 is 1.78 bits per heavy atom. The highest BCUT2D eigenvalue weighted by Gasteiger charge is 2.36. The summed E-state index contributed by atoms with van der Waals surface area (Å²) in [4.78, 5) is 2.70. The van der Waals surface area contributed by atoms with Crippen molar-refractivity contribution in [2.45, 2.75) is 78.3 Å². The monoisotopic (exact) mass is 254 g/mol. The van der Waals surface area contributed by atoms with E-state index in [2.05, 4.69) is 44.8 Å². The highest BCUT2D eigenvalue weighted by atomic mass is 15.2. The summed E-state index contributed by atoms with van der Waals surface area (Å²) in [6, 6.07) is 0.630. The molecule has 0 radical (unpaired) electrons. The second-order valence-electron chi connectivity index (χ2n) is 6.60. The van der Waals surface area contributed by atoms with Gasteiger partial charge in [-0.2, -0.15) is 0 Å². The highest BCUT2D eigenvalue weighted by Crippen LogP contribution is 2.28. The Balaban J connectivity index is 2.65. The first kappa shape index (κ1) is 16.0. The molecule has 2 atom stereocenters. The molecule has 2 unspecified atom stereocenters. The lowest BCUT2D eigenvalue weighted by Crippen LogP contribution is -2.57. The third-order valence-corrected chi connectivity index (χ3v) is 4.75. The molecule has 1 fully saturated rings. The van der Waals surface area contributed by atoms with Crippen LogP contribution in [0.15, 0.2) is 0 Å². The Hall–Kier alpha value is -0.0800. The van der Waals surface area contributed by atoms with Crippen molar-refractivity contribution in [1.82, 2.24) is 10.2 Å². The van der Waals surface area contributed by atoms with Crippen LogP contribution in [0.3, 0.4) is 0 Å². The van der Waals surface area contributed by atoms with Crippen molar-refractivity contribution in [2.24, 2.45) is 5.92 Å². The van der Waals surface area contributed by atoms with Gasteiger partial charge in [0.15, 0.2) is 0 Å². The van der Waals surface area contributed by atoms with E-state index >= 15 is 0 Å². The van der Waals surface area contributed by atoms with Gasteiger partial charge in [-0.05, 0) is 65.1 Å². The topological polar surface area (TPSA) is 15.3 Å². The molecule has 2 nitrogen and oxygen atoms in total. The zero-order chi connectivity index (χ0) is 13.6. The zero-order valence-corrected chi connectivity index (χ0v) is 13.3. The van der Waals surface area contributed by atoms with Gasteiger partial charge in [0, 0.05) is 11.6 Å². The summed E-state index contributed by atoms with van der Waals surface area (Å²) in [7, 11) is 0. The SMILES string of the molecule is CCCNC(CC(C)CC)C(C)(C)N1CCCC1. The van der Waals surface area contributed by atoms with Gasteiger partial charge in [0.25, 0.3) is 0 Å². The maximum atomic E-state index is 3.81. The summed E-state index contributed by atoms with van der Waals surface area (Å²) >= 11 is 0. The van der Waals surface area contributed by atoms with Crippen LogP contribution < -0.4 is 5.32 Å². The Morgan fingerprint density at radius 1 is 1.17 bits per heavy atom. The molecule has 0 aliphatic carbocycles. The van der Waals surface area contributed by atoms with Gasteiger partial charge < -0.3 is 5.32 Å². The molecule has 0 amide bonds. The molecule has 1 aliphatic rings. The van der Waals surface area contributed by atoms with Gasteiger partial charge in [-0.3, -0.25) is 4.90 Å². The van der Waals surface area contributed by atoms with E-state index in [4.69, 9.17) is 0 Å². The largest absolute Gasteiger partial charge is 0.312 e. The molecule has 0 aromatic carbocycles. The van der Waals surface area contributed by atoms with Crippen LogP contribution in [-0.4, -0.2) is 36.1 Å². The number of hydrogen-bond donors (Lipinski definition) is 1. The van der Waals surface area contributed by atoms with E-state index in [0.717, 1.165) is 12.5 Å². The first-order valence-corrected chi connectivity index (χ1v) is 8.00. The number of hydrogen-bond acceptors (Lipinski definition) is 2. The minimum Gasteiger partial charge on any atom is -0.312 e. The van der Waals surface area contributed by atoms with Gasteiger partial charge >= 0.3 is 0 Å². The summed E-state index contributed by atoms with van der Waals surface area (Å²) in [5.74, 6) is 0.821. The average Bonchev–Trinajstić information content (AvgIpc) is 2.88. The lowest BCUT2D eigenvalue weighted by molar-refractivity contribution is 0.0945. The van der Waals surface area contributed by atoms with E-state index in [9.17, 15) is 0 Å². The first-order chi connectivity index (χ1) is 8.52. The van der Waals surface area contributed by atoms with Crippen LogP contribution in [0, 0.1) is 5.92 Å². The Kier molecular flexibility index (Phi) is 6.65. The molecule has 0 saturated carbocycles. The van der Waals surface area contributed by atoms with Crippen LogP contribution >= 0.6 is 0 Å². The Morgan fingerprint density at radius 3 is 2.28 bits per heavy atom. The van der Waals surface area contributed by atoms with E-state index in [1.54, 1.807) is 0 Å². The van der Waals surface area contributed by atoms with E-state index in [1.807, 2.05) is 0 Å². The summed E-state index contributed by atoms with van der Waals surface area (Å²) < 4.78 is 0. The van der Waals surface area contributed by atoms with Crippen molar-refractivity contribution in [3.8, 4) is 0 Å². The van der Waals surface area contributed by atoms with Crippen LogP contribution in [0.1, 0.15) is 66.7 Å². The quantitative estimate of drug-likeness (QED) is 0.711. The molecule has 1 rings (SSSR count). The standard InChI is InChI=1S/C16H34N2/c1-6-10-17-15(13-14(3)7-2)16(4,5)18-11-8-9-12-18/h14-15,17H,6-13H2,1-5H3. The first-order valence-electron chi connectivity index (χ1n) is 8.00. The fourth-order valence-corrected chi connectivity index (χ4v) is 3.02. The Labute approximate surface area is 115 Å². The summed E-state index contributed by atoms with van der Waals surface area (Å²) in [5.41, 5.74) is 0.301. The molecule has 2 heteroatoms. The van der Waals surface area contributed by atoms with E-state index < -0.39 is 0 Å². The fraction of sp³-hybridized carbons (Fsp3) is 1.00. The van der Waals surface area contributed by atoms with Crippen LogP contribution in [0.5, 0.6) is 0 Å². The molecule has 1 N–H and O–H groups in total. The number of nitrogens with zero attached hydrogens (tertiary/aromatic N) is 1. The molecule has 18 heavy (non-hydrogen) atoms. The van der Waals surface area contributed by atoms with Crippen molar-refractivity contribution in [3.63, 3.8) is 0 Å². The predicted octanol–water partition coefficient (Wildman–Crippen LogP) is 3.67. The lowest BCUT2D eigenvalue weighted by atomic mass is 9.85. The maximum Gasteiger partial charge on any atom is 0.0306 e. The summed E-state index contributed by atoms with van der Waals surface area (Å²) in [5, 5.41) is 3.81. The van der Waals surface area contributed by atoms with E-state index in [1.165, 1.54) is 45.2 Å². The van der Waals surface area contributed by atoms with Crippen LogP contribution in [0.2, 0.25) is 0 Å². The smallest absolute Gasteiger partial charge is 0.0306 e. The lowest BCUT2D eigenvalue weighted by Gasteiger charge is -2.43. The summed E-state index contributed by atoms with van der Waals surface area (Å²) in [6.07, 6.45) is 6.59. The molecule has 0 aromatic heterocycles. The minimum atomic E-state index is 0.301. The number of nitrogens with one attached hydrogen (secondary N) is 1. The molecule has 0 spiro atoms. The van der Waals surface area contributed by atoms with Crippen LogP contribution in [0.4, 0.5) is 0 Å². The van der Waals surface area contributed by atoms with E-state index in [-0.39, 0.29) is 0 Å². The molecule has 108 valence electrons. The maximum absolute atomic E-state index is 3.81. The molecule has 1 saturated heterocycles. The van der Waals surface area contributed by atoms with Gasteiger partial charge in [0.2, 0.25) is 0 Å². The van der Waals surface area contributed by atoms with Gasteiger partial charge in [0.1, 0.15) is 0 Å². The molecule has 1 heterocycles. The molecular weight excluding hydrogens is 220 g/mol. The van der Waals surface area contributed by atoms with Crippen molar-refractivity contribution in [1.29, 1.82) is 0 Å². The third-order valence-electron chi connectivity index (χ3n) is 4.75. The van der Waals surface area contributed by atoms with Gasteiger partial charge in [-0.1, -0.05) is 27.2 Å². The molecule has 0 aromatic rings. The highest BCUT2D eigenvalue weighted by molar-refractivity contribution is 4.95. The van der Waals surface area contributed by atoms with Gasteiger partial charge in [0.05, 0.1) is 0 Å². The van der Waals surface area contributed by atoms with Crippen molar-refractivity contribution >= 4 is 0 Å². The molecule has 0 bridgehead atoms.